The number of rotatable bonds is 5. The maximum absolute atomic E-state index is 12.0. The van der Waals surface area contributed by atoms with Crippen LogP contribution in [0.4, 0.5) is 5.69 Å². The Morgan fingerprint density at radius 3 is 2.58 bits per heavy atom. The average Bonchev–Trinajstić information content (AvgIpc) is 2.56. The molecule has 0 bridgehead atoms. The molecular weight excluding hydrogens is 344 g/mol. The number of ether oxygens (including phenoxy) is 1. The van der Waals surface area contributed by atoms with Gasteiger partial charge in [-0.3, -0.25) is 0 Å². The molecule has 2 N–H and O–H groups in total. The number of benzene rings is 2. The van der Waals surface area contributed by atoms with Gasteiger partial charge in [0.15, 0.2) is 5.11 Å². The fraction of sp³-hybridized carbons (Fsp3) is 0.333. The summed E-state index contributed by atoms with van der Waals surface area (Å²) in [5, 5.41) is 7.02. The topological polar surface area (TPSA) is 50.4 Å². The smallest absolute Gasteiger partial charge is 0.338 e. The molecule has 0 radical (unpaired) electrons. The van der Waals surface area contributed by atoms with E-state index in [-0.39, 0.29) is 12.0 Å². The number of carbonyl (C=O) groups excluding carboxylic acids is 1. The van der Waals surface area contributed by atoms with Crippen molar-refractivity contribution in [3.05, 3.63) is 64.2 Å². The maximum Gasteiger partial charge on any atom is 0.338 e. The van der Waals surface area contributed by atoms with Gasteiger partial charge in [-0.25, -0.2) is 4.79 Å². The predicted octanol–water partition coefficient (Wildman–Crippen LogP) is 4.84. The molecule has 5 heteroatoms. The Kier molecular flexibility index (Phi) is 6.75. The minimum Gasteiger partial charge on any atom is -0.462 e. The highest BCUT2D eigenvalue weighted by atomic mass is 32.1. The molecule has 0 saturated carbocycles. The van der Waals surface area contributed by atoms with Crippen molar-refractivity contribution >= 4 is 29.0 Å². The van der Waals surface area contributed by atoms with Crippen molar-refractivity contribution in [3.8, 4) is 0 Å². The van der Waals surface area contributed by atoms with Crippen LogP contribution in [0, 0.1) is 20.8 Å². The molecule has 0 spiro atoms. The molecule has 2 rings (SSSR count). The van der Waals surface area contributed by atoms with Crippen LogP contribution in [0.1, 0.15) is 52.5 Å². The van der Waals surface area contributed by atoms with Crippen LogP contribution in [0.25, 0.3) is 0 Å². The molecular formula is C21H26N2O2S. The van der Waals surface area contributed by atoms with Gasteiger partial charge in [0.05, 0.1) is 18.2 Å². The number of thiocarbonyl (C=S) groups is 1. The number of nitrogens with one attached hydrogen (secondary N) is 2. The van der Waals surface area contributed by atoms with Crippen molar-refractivity contribution in [3.63, 3.8) is 0 Å². The van der Waals surface area contributed by atoms with Crippen LogP contribution in [0.5, 0.6) is 0 Å². The quantitative estimate of drug-likeness (QED) is 0.583. The van der Waals surface area contributed by atoms with E-state index in [1.807, 2.05) is 19.1 Å². The Hall–Kier alpha value is -2.40. The fourth-order valence-electron chi connectivity index (χ4n) is 2.95. The molecule has 26 heavy (non-hydrogen) atoms. The number of anilines is 1. The van der Waals surface area contributed by atoms with Gasteiger partial charge in [-0.1, -0.05) is 29.8 Å². The summed E-state index contributed by atoms with van der Waals surface area (Å²) in [5.74, 6) is -0.323. The van der Waals surface area contributed by atoms with E-state index in [1.165, 1.54) is 16.7 Å². The first-order valence-corrected chi connectivity index (χ1v) is 9.15. The molecule has 0 aliphatic rings. The van der Waals surface area contributed by atoms with E-state index in [2.05, 4.69) is 49.6 Å². The molecule has 0 unspecified atom stereocenters. The highest BCUT2D eigenvalue weighted by Crippen LogP contribution is 2.21. The number of hydrogen-bond donors (Lipinski definition) is 2. The van der Waals surface area contributed by atoms with Crippen molar-refractivity contribution < 1.29 is 9.53 Å². The number of aryl methyl sites for hydroxylation is 2. The van der Waals surface area contributed by atoms with Crippen molar-refractivity contribution in [1.29, 1.82) is 0 Å². The average molecular weight is 371 g/mol. The summed E-state index contributed by atoms with van der Waals surface area (Å²) in [6.07, 6.45) is 0. The number of esters is 1. The minimum absolute atomic E-state index is 0.0733. The third kappa shape index (κ3) is 4.82. The zero-order valence-electron chi connectivity index (χ0n) is 16.0. The van der Waals surface area contributed by atoms with E-state index in [9.17, 15) is 4.79 Å². The second-order valence-electron chi connectivity index (χ2n) is 6.38. The maximum atomic E-state index is 12.0. The van der Waals surface area contributed by atoms with E-state index >= 15 is 0 Å². The summed E-state index contributed by atoms with van der Waals surface area (Å²) in [6.45, 7) is 10.3. The lowest BCUT2D eigenvalue weighted by molar-refractivity contribution is 0.0525. The Labute approximate surface area is 161 Å². The van der Waals surface area contributed by atoms with Crippen molar-refractivity contribution in [2.45, 2.75) is 40.7 Å². The standard InChI is InChI=1S/C21H26N2O2S/c1-6-25-20(24)18-8-7-9-19(15(18)4)23-21(26)22-16(5)17-11-10-13(2)12-14(17)3/h7-12,16H,6H2,1-5H3,(H2,22,23,26)/t16-/m0/s1. The predicted molar refractivity (Wildman–Crippen MR) is 111 cm³/mol. The SMILES string of the molecule is CCOC(=O)c1cccc(NC(=S)N[C@@H](C)c2ccc(C)cc2C)c1C. The minimum atomic E-state index is -0.323. The summed E-state index contributed by atoms with van der Waals surface area (Å²) in [6, 6.07) is 11.9. The molecule has 0 aromatic heterocycles. The van der Waals surface area contributed by atoms with E-state index < -0.39 is 0 Å². The summed E-state index contributed by atoms with van der Waals surface area (Å²) >= 11 is 5.46. The van der Waals surface area contributed by atoms with Crippen LogP contribution in [0.2, 0.25) is 0 Å². The summed E-state index contributed by atoms with van der Waals surface area (Å²) < 4.78 is 5.10. The number of hydrogen-bond acceptors (Lipinski definition) is 3. The Morgan fingerprint density at radius 2 is 1.92 bits per heavy atom. The monoisotopic (exact) mass is 370 g/mol. The van der Waals surface area contributed by atoms with E-state index in [0.717, 1.165) is 11.3 Å². The molecule has 2 aromatic carbocycles. The summed E-state index contributed by atoms with van der Waals surface area (Å²) in [7, 11) is 0. The van der Waals surface area contributed by atoms with E-state index in [1.54, 1.807) is 13.0 Å². The van der Waals surface area contributed by atoms with Gasteiger partial charge in [0, 0.05) is 5.69 Å². The first-order chi connectivity index (χ1) is 12.3. The van der Waals surface area contributed by atoms with Crippen LogP contribution in [-0.2, 0) is 4.74 Å². The molecule has 0 aliphatic heterocycles. The highest BCUT2D eigenvalue weighted by Gasteiger charge is 2.14. The van der Waals surface area contributed by atoms with Crippen LogP contribution in [-0.4, -0.2) is 17.7 Å². The molecule has 0 aliphatic carbocycles. The van der Waals surface area contributed by atoms with Gasteiger partial charge in [0.25, 0.3) is 0 Å². The third-order valence-electron chi connectivity index (χ3n) is 4.32. The van der Waals surface area contributed by atoms with Crippen molar-refractivity contribution in [2.24, 2.45) is 0 Å². The van der Waals surface area contributed by atoms with Gasteiger partial charge in [-0.05, 0) is 75.7 Å². The van der Waals surface area contributed by atoms with Crippen LogP contribution < -0.4 is 10.6 Å². The first-order valence-electron chi connectivity index (χ1n) is 8.74. The molecule has 1 atom stereocenters. The molecule has 0 fully saturated rings. The van der Waals surface area contributed by atoms with Crippen molar-refractivity contribution in [1.82, 2.24) is 5.32 Å². The molecule has 2 aromatic rings. The van der Waals surface area contributed by atoms with Gasteiger partial charge in [0.1, 0.15) is 0 Å². The summed E-state index contributed by atoms with van der Waals surface area (Å²) in [5.41, 5.74) is 5.83. The zero-order chi connectivity index (χ0) is 19.3. The van der Waals surface area contributed by atoms with Crippen molar-refractivity contribution in [2.75, 3.05) is 11.9 Å². The zero-order valence-corrected chi connectivity index (χ0v) is 16.8. The van der Waals surface area contributed by atoms with Gasteiger partial charge < -0.3 is 15.4 Å². The van der Waals surface area contributed by atoms with E-state index in [4.69, 9.17) is 17.0 Å². The van der Waals surface area contributed by atoms with Crippen LogP contribution >= 0.6 is 12.2 Å². The normalized spacial score (nSPS) is 11.6. The van der Waals surface area contributed by atoms with Gasteiger partial charge in [0.2, 0.25) is 0 Å². The molecule has 4 nitrogen and oxygen atoms in total. The molecule has 0 amide bonds. The van der Waals surface area contributed by atoms with Crippen LogP contribution in [0.15, 0.2) is 36.4 Å². The lowest BCUT2D eigenvalue weighted by Gasteiger charge is -2.20. The largest absolute Gasteiger partial charge is 0.462 e. The Morgan fingerprint density at radius 1 is 1.19 bits per heavy atom. The van der Waals surface area contributed by atoms with Gasteiger partial charge in [-0.15, -0.1) is 0 Å². The van der Waals surface area contributed by atoms with Crippen LogP contribution in [0.3, 0.4) is 0 Å². The second kappa shape index (κ2) is 8.81. The van der Waals surface area contributed by atoms with Gasteiger partial charge >= 0.3 is 5.97 Å². The molecule has 0 heterocycles. The molecule has 0 saturated heterocycles. The Bertz CT molecular complexity index is 818. The first kappa shape index (κ1) is 19.9. The molecule has 138 valence electrons. The third-order valence-corrected chi connectivity index (χ3v) is 4.54. The lowest BCUT2D eigenvalue weighted by Crippen LogP contribution is -2.31. The second-order valence-corrected chi connectivity index (χ2v) is 6.79. The number of carbonyl (C=O) groups is 1. The van der Waals surface area contributed by atoms with Gasteiger partial charge in [-0.2, -0.15) is 0 Å². The Balaban J connectivity index is 2.10. The highest BCUT2D eigenvalue weighted by molar-refractivity contribution is 7.80. The summed E-state index contributed by atoms with van der Waals surface area (Å²) in [4.78, 5) is 12.0. The van der Waals surface area contributed by atoms with E-state index in [0.29, 0.717) is 17.3 Å². The lowest BCUT2D eigenvalue weighted by atomic mass is 10.0. The fourth-order valence-corrected chi connectivity index (χ4v) is 3.23.